The van der Waals surface area contributed by atoms with Crippen molar-refractivity contribution in [3.05, 3.63) is 66.0 Å². The van der Waals surface area contributed by atoms with Crippen LogP contribution in [-0.2, 0) is 17.8 Å². The van der Waals surface area contributed by atoms with E-state index < -0.39 is 6.10 Å². The monoisotopic (exact) mass is 325 g/mol. The van der Waals surface area contributed by atoms with Gasteiger partial charge < -0.3 is 10.4 Å². The van der Waals surface area contributed by atoms with Crippen LogP contribution < -0.4 is 5.32 Å². The molecule has 0 bridgehead atoms. The fourth-order valence-corrected chi connectivity index (χ4v) is 3.11. The van der Waals surface area contributed by atoms with Gasteiger partial charge >= 0.3 is 0 Å². The Morgan fingerprint density at radius 2 is 1.96 bits per heavy atom. The smallest absolute Gasteiger partial charge is 0.234 e. The van der Waals surface area contributed by atoms with E-state index in [9.17, 15) is 9.90 Å². The largest absolute Gasteiger partial charge is 0.391 e. The van der Waals surface area contributed by atoms with Gasteiger partial charge in [0.2, 0.25) is 5.91 Å². The van der Waals surface area contributed by atoms with Crippen LogP contribution in [0.4, 0.5) is 0 Å². The molecule has 1 fully saturated rings. The van der Waals surface area contributed by atoms with E-state index in [2.05, 4.69) is 10.3 Å². The number of amides is 1. The molecule has 0 radical (unpaired) electrons. The summed E-state index contributed by atoms with van der Waals surface area (Å²) < 4.78 is 0. The van der Waals surface area contributed by atoms with Gasteiger partial charge in [0, 0.05) is 37.4 Å². The Morgan fingerprint density at radius 1 is 1.17 bits per heavy atom. The van der Waals surface area contributed by atoms with E-state index in [0.29, 0.717) is 19.6 Å². The number of rotatable bonds is 6. The van der Waals surface area contributed by atoms with Gasteiger partial charge in [0.1, 0.15) is 0 Å². The first-order valence-corrected chi connectivity index (χ1v) is 8.31. The van der Waals surface area contributed by atoms with Crippen molar-refractivity contribution in [2.45, 2.75) is 19.1 Å². The maximum absolute atomic E-state index is 12.1. The number of aliphatic hydroxyl groups excluding tert-OH is 1. The number of likely N-dealkylation sites (tertiary alicyclic amines) is 1. The topological polar surface area (TPSA) is 65.5 Å². The Balaban J connectivity index is 1.45. The number of β-amino-alcohol motifs (C(OH)–C–C–N with tert-alkyl or cyclic N) is 1. The zero-order valence-electron chi connectivity index (χ0n) is 13.6. The molecule has 2 aromatic rings. The molecule has 5 nitrogen and oxygen atoms in total. The molecule has 126 valence electrons. The van der Waals surface area contributed by atoms with Gasteiger partial charge in [0.05, 0.1) is 12.6 Å². The molecule has 2 heterocycles. The van der Waals surface area contributed by atoms with Crippen LogP contribution in [0.2, 0.25) is 0 Å². The standard InChI is InChI=1S/C19H23N3O2/c23-18-13-22(12-16(18)10-17-8-4-5-9-20-17)14-19(24)21-11-15-6-2-1-3-7-15/h1-9,16,18,23H,10-14H2,(H,21,24)/t16-,18-/m1/s1. The lowest BCUT2D eigenvalue weighted by molar-refractivity contribution is -0.122. The summed E-state index contributed by atoms with van der Waals surface area (Å²) in [7, 11) is 0. The highest BCUT2D eigenvalue weighted by atomic mass is 16.3. The zero-order valence-corrected chi connectivity index (χ0v) is 13.6. The normalized spacial score (nSPS) is 20.9. The third-order valence-corrected chi connectivity index (χ3v) is 4.38. The molecule has 1 aromatic carbocycles. The average Bonchev–Trinajstić information content (AvgIpc) is 2.94. The van der Waals surface area contributed by atoms with Gasteiger partial charge in [-0.15, -0.1) is 0 Å². The number of nitrogens with one attached hydrogen (secondary N) is 1. The zero-order chi connectivity index (χ0) is 16.8. The summed E-state index contributed by atoms with van der Waals surface area (Å²) in [5.41, 5.74) is 2.07. The van der Waals surface area contributed by atoms with Crippen molar-refractivity contribution in [3.8, 4) is 0 Å². The first-order valence-electron chi connectivity index (χ1n) is 8.31. The number of hydrogen-bond acceptors (Lipinski definition) is 4. The quantitative estimate of drug-likeness (QED) is 0.838. The predicted octanol–water partition coefficient (Wildman–Crippen LogP) is 1.23. The van der Waals surface area contributed by atoms with Crippen LogP contribution >= 0.6 is 0 Å². The van der Waals surface area contributed by atoms with E-state index in [1.165, 1.54) is 0 Å². The lowest BCUT2D eigenvalue weighted by atomic mass is 10.00. The average molecular weight is 325 g/mol. The van der Waals surface area contributed by atoms with E-state index in [-0.39, 0.29) is 11.8 Å². The lowest BCUT2D eigenvalue weighted by Gasteiger charge is -2.15. The van der Waals surface area contributed by atoms with Crippen LogP contribution in [0.15, 0.2) is 54.7 Å². The molecule has 0 saturated carbocycles. The van der Waals surface area contributed by atoms with Gasteiger partial charge in [-0.25, -0.2) is 0 Å². The third-order valence-electron chi connectivity index (χ3n) is 4.38. The minimum atomic E-state index is -0.408. The summed E-state index contributed by atoms with van der Waals surface area (Å²) in [6.45, 7) is 2.11. The van der Waals surface area contributed by atoms with Gasteiger partial charge in [-0.3, -0.25) is 14.7 Å². The summed E-state index contributed by atoms with van der Waals surface area (Å²) >= 11 is 0. The fraction of sp³-hybridized carbons (Fsp3) is 0.368. The summed E-state index contributed by atoms with van der Waals surface area (Å²) in [4.78, 5) is 18.4. The third kappa shape index (κ3) is 4.63. The molecule has 5 heteroatoms. The Kier molecular flexibility index (Phi) is 5.56. The minimum Gasteiger partial charge on any atom is -0.391 e. The molecule has 1 amide bonds. The number of aromatic nitrogens is 1. The second kappa shape index (κ2) is 8.04. The molecule has 1 aliphatic heterocycles. The van der Waals surface area contributed by atoms with Crippen molar-refractivity contribution in [1.29, 1.82) is 0 Å². The molecule has 3 rings (SSSR count). The fourth-order valence-electron chi connectivity index (χ4n) is 3.11. The highest BCUT2D eigenvalue weighted by molar-refractivity contribution is 5.78. The number of nitrogens with zero attached hydrogens (tertiary/aromatic N) is 2. The van der Waals surface area contributed by atoms with Crippen LogP contribution in [0, 0.1) is 5.92 Å². The lowest BCUT2D eigenvalue weighted by Crippen LogP contribution is -2.36. The molecule has 24 heavy (non-hydrogen) atoms. The number of aliphatic hydroxyl groups is 1. The molecule has 0 spiro atoms. The Morgan fingerprint density at radius 3 is 2.71 bits per heavy atom. The van der Waals surface area contributed by atoms with Crippen molar-refractivity contribution >= 4 is 5.91 Å². The Labute approximate surface area is 142 Å². The molecular formula is C19H23N3O2. The SMILES string of the molecule is O=C(CN1C[C@@H](Cc2ccccn2)[C@H](O)C1)NCc1ccccc1. The highest BCUT2D eigenvalue weighted by Crippen LogP contribution is 2.20. The number of carbonyl (C=O) groups excluding carboxylic acids is 1. The van der Waals surface area contributed by atoms with Crippen LogP contribution in [-0.4, -0.2) is 46.6 Å². The van der Waals surface area contributed by atoms with E-state index in [1.54, 1.807) is 6.20 Å². The summed E-state index contributed by atoms with van der Waals surface area (Å²) in [6, 6.07) is 15.7. The van der Waals surface area contributed by atoms with Crippen molar-refractivity contribution in [2.24, 2.45) is 5.92 Å². The molecule has 0 unspecified atom stereocenters. The maximum Gasteiger partial charge on any atom is 0.234 e. The second-order valence-electron chi connectivity index (χ2n) is 6.31. The van der Waals surface area contributed by atoms with Crippen LogP contribution in [0.1, 0.15) is 11.3 Å². The van der Waals surface area contributed by atoms with Crippen molar-refractivity contribution in [3.63, 3.8) is 0 Å². The molecule has 1 aromatic heterocycles. The summed E-state index contributed by atoms with van der Waals surface area (Å²) in [5.74, 6) is 0.117. The number of pyridine rings is 1. The second-order valence-corrected chi connectivity index (χ2v) is 6.31. The summed E-state index contributed by atoms with van der Waals surface area (Å²) in [6.07, 6.45) is 2.10. The highest BCUT2D eigenvalue weighted by Gasteiger charge is 2.32. The molecule has 2 N–H and O–H groups in total. The van der Waals surface area contributed by atoms with Gasteiger partial charge in [-0.1, -0.05) is 36.4 Å². The van der Waals surface area contributed by atoms with Crippen molar-refractivity contribution in [1.82, 2.24) is 15.2 Å². The van der Waals surface area contributed by atoms with E-state index in [4.69, 9.17) is 0 Å². The molecule has 1 aliphatic rings. The van der Waals surface area contributed by atoms with Gasteiger partial charge in [0.25, 0.3) is 0 Å². The Bertz CT molecular complexity index is 648. The number of hydrogen-bond donors (Lipinski definition) is 2. The molecule has 0 aliphatic carbocycles. The predicted molar refractivity (Wildman–Crippen MR) is 92.2 cm³/mol. The Hall–Kier alpha value is -2.24. The van der Waals surface area contributed by atoms with Crippen molar-refractivity contribution < 1.29 is 9.90 Å². The molecular weight excluding hydrogens is 302 g/mol. The first kappa shape index (κ1) is 16.6. The van der Waals surface area contributed by atoms with Gasteiger partial charge in [-0.2, -0.15) is 0 Å². The van der Waals surface area contributed by atoms with Gasteiger partial charge in [-0.05, 0) is 24.1 Å². The van der Waals surface area contributed by atoms with Crippen LogP contribution in [0.3, 0.4) is 0 Å². The van der Waals surface area contributed by atoms with E-state index in [0.717, 1.165) is 24.2 Å². The van der Waals surface area contributed by atoms with Crippen LogP contribution in [0.25, 0.3) is 0 Å². The molecule has 2 atom stereocenters. The van der Waals surface area contributed by atoms with Crippen LogP contribution in [0.5, 0.6) is 0 Å². The van der Waals surface area contributed by atoms with Gasteiger partial charge in [0.15, 0.2) is 0 Å². The number of benzene rings is 1. The number of carbonyl (C=O) groups is 1. The summed E-state index contributed by atoms with van der Waals surface area (Å²) in [5, 5.41) is 13.2. The minimum absolute atomic E-state index is 0.00969. The van der Waals surface area contributed by atoms with Crippen molar-refractivity contribution in [2.75, 3.05) is 19.6 Å². The molecule has 1 saturated heterocycles. The van der Waals surface area contributed by atoms with E-state index in [1.807, 2.05) is 53.4 Å². The van der Waals surface area contributed by atoms with E-state index >= 15 is 0 Å². The first-order chi connectivity index (χ1) is 11.7. The maximum atomic E-state index is 12.1.